The highest BCUT2D eigenvalue weighted by atomic mass is 15.3. The van der Waals surface area contributed by atoms with E-state index >= 15 is 0 Å². The van der Waals surface area contributed by atoms with E-state index in [2.05, 4.69) is 40.1 Å². The zero-order chi connectivity index (χ0) is 14.6. The molecule has 0 radical (unpaired) electrons. The topological polar surface area (TPSA) is 32.5 Å². The first-order valence-electron chi connectivity index (χ1n) is 8.07. The van der Waals surface area contributed by atoms with Crippen molar-refractivity contribution in [3.8, 4) is 0 Å². The van der Waals surface area contributed by atoms with Gasteiger partial charge in [-0.05, 0) is 31.5 Å². The molecular weight excluding hydrogens is 246 g/mol. The van der Waals surface area contributed by atoms with Crippen molar-refractivity contribution in [1.82, 2.24) is 9.80 Å². The van der Waals surface area contributed by atoms with Gasteiger partial charge in [0.05, 0.1) is 0 Å². The Labute approximate surface area is 124 Å². The van der Waals surface area contributed by atoms with Crippen molar-refractivity contribution >= 4 is 0 Å². The van der Waals surface area contributed by atoms with E-state index in [0.29, 0.717) is 0 Å². The lowest BCUT2D eigenvalue weighted by molar-refractivity contribution is 0.126. The molecule has 1 saturated heterocycles. The maximum absolute atomic E-state index is 5.53. The minimum absolute atomic E-state index is 0.827. The number of nitrogens with two attached hydrogens (primary N) is 1. The third-order valence-corrected chi connectivity index (χ3v) is 3.64. The van der Waals surface area contributed by atoms with Crippen molar-refractivity contribution in [3.63, 3.8) is 0 Å². The molecule has 114 valence electrons. The predicted octanol–water partition coefficient (Wildman–Crippen LogP) is 2.57. The van der Waals surface area contributed by atoms with Crippen LogP contribution >= 0.6 is 0 Å². The number of hydrogen-bond acceptors (Lipinski definition) is 3. The molecule has 0 spiro atoms. The number of rotatable bonds is 6. The largest absolute Gasteiger partial charge is 0.330 e. The summed E-state index contributed by atoms with van der Waals surface area (Å²) in [5, 5.41) is 0. The number of benzene rings is 1. The van der Waals surface area contributed by atoms with Gasteiger partial charge in [-0.25, -0.2) is 0 Å². The van der Waals surface area contributed by atoms with Crippen LogP contribution < -0.4 is 5.73 Å². The van der Waals surface area contributed by atoms with Crippen LogP contribution in [-0.4, -0.2) is 49.1 Å². The molecule has 0 saturated carbocycles. The highest BCUT2D eigenvalue weighted by molar-refractivity contribution is 5.14. The first-order valence-corrected chi connectivity index (χ1v) is 8.07. The molecule has 0 atom stereocenters. The van der Waals surface area contributed by atoms with Gasteiger partial charge in [-0.2, -0.15) is 0 Å². The highest BCUT2D eigenvalue weighted by Crippen LogP contribution is 2.08. The van der Waals surface area contributed by atoms with Crippen LogP contribution in [0, 0.1) is 0 Å². The normalized spacial score (nSPS) is 16.6. The third kappa shape index (κ3) is 6.51. The summed E-state index contributed by atoms with van der Waals surface area (Å²) in [6, 6.07) is 10.8. The van der Waals surface area contributed by atoms with Crippen LogP contribution in [0.3, 0.4) is 0 Å². The van der Waals surface area contributed by atoms with Crippen molar-refractivity contribution in [2.75, 3.05) is 39.3 Å². The van der Waals surface area contributed by atoms with Gasteiger partial charge in [-0.1, -0.05) is 44.2 Å². The third-order valence-electron chi connectivity index (χ3n) is 3.64. The Bertz CT molecular complexity index is 318. The summed E-state index contributed by atoms with van der Waals surface area (Å²) in [6.45, 7) is 11.9. The second-order valence-electron chi connectivity index (χ2n) is 5.10. The van der Waals surface area contributed by atoms with E-state index in [9.17, 15) is 0 Å². The fourth-order valence-electron chi connectivity index (χ4n) is 2.49. The minimum Gasteiger partial charge on any atom is -0.330 e. The number of hydrogen-bond donors (Lipinski definition) is 1. The molecular formula is C17H31N3. The van der Waals surface area contributed by atoms with Crippen molar-refractivity contribution < 1.29 is 0 Å². The molecule has 1 aliphatic heterocycles. The van der Waals surface area contributed by atoms with Crippen molar-refractivity contribution in [3.05, 3.63) is 35.9 Å². The molecule has 2 N–H and O–H groups in total. The van der Waals surface area contributed by atoms with Crippen LogP contribution in [-0.2, 0) is 6.54 Å². The van der Waals surface area contributed by atoms with Crippen LogP contribution in [0.2, 0.25) is 0 Å². The smallest absolute Gasteiger partial charge is 0.0234 e. The summed E-state index contributed by atoms with van der Waals surface area (Å²) in [7, 11) is 0. The molecule has 0 aromatic heterocycles. The van der Waals surface area contributed by atoms with Crippen molar-refractivity contribution in [2.24, 2.45) is 5.73 Å². The number of nitrogens with zero attached hydrogens (tertiary/aromatic N) is 2. The second-order valence-corrected chi connectivity index (χ2v) is 5.10. The Hall–Kier alpha value is -0.900. The Balaban J connectivity index is 0.000000956. The average Bonchev–Trinajstić information content (AvgIpc) is 2.52. The lowest BCUT2D eigenvalue weighted by Crippen LogP contribution is -2.46. The zero-order valence-electron chi connectivity index (χ0n) is 13.2. The highest BCUT2D eigenvalue weighted by Gasteiger charge is 2.16. The van der Waals surface area contributed by atoms with E-state index in [4.69, 9.17) is 5.73 Å². The molecule has 1 heterocycles. The standard InChI is InChI=1S/C15H25N3.C2H6/c16-8-4-5-9-17-10-12-18(13-11-17)14-15-6-2-1-3-7-15;1-2/h1-3,6-7H,4-5,8-14,16H2;1-2H3. The van der Waals surface area contributed by atoms with Crippen LogP contribution in [0.1, 0.15) is 32.3 Å². The Kier molecular flexibility index (Phi) is 9.29. The molecule has 1 aromatic carbocycles. The first kappa shape index (κ1) is 17.2. The van der Waals surface area contributed by atoms with Crippen LogP contribution in [0.15, 0.2) is 30.3 Å². The molecule has 1 fully saturated rings. The SMILES string of the molecule is CC.NCCCCN1CCN(Cc2ccccc2)CC1. The van der Waals surface area contributed by atoms with Gasteiger partial charge in [0, 0.05) is 32.7 Å². The number of unbranched alkanes of at least 4 members (excludes halogenated alkanes) is 1. The Morgan fingerprint density at radius 2 is 1.50 bits per heavy atom. The van der Waals surface area contributed by atoms with Gasteiger partial charge in [0.15, 0.2) is 0 Å². The van der Waals surface area contributed by atoms with Gasteiger partial charge < -0.3 is 10.6 Å². The molecule has 3 nitrogen and oxygen atoms in total. The predicted molar refractivity (Wildman–Crippen MR) is 87.8 cm³/mol. The molecule has 0 bridgehead atoms. The molecule has 1 aliphatic rings. The second kappa shape index (κ2) is 10.8. The van der Waals surface area contributed by atoms with Gasteiger partial charge in [-0.15, -0.1) is 0 Å². The molecule has 0 unspecified atom stereocenters. The van der Waals surface area contributed by atoms with E-state index in [1.54, 1.807) is 0 Å². The summed E-state index contributed by atoms with van der Waals surface area (Å²) in [5.74, 6) is 0. The molecule has 0 aliphatic carbocycles. The summed E-state index contributed by atoms with van der Waals surface area (Å²) in [4.78, 5) is 5.12. The van der Waals surface area contributed by atoms with Crippen LogP contribution in [0.4, 0.5) is 0 Å². The van der Waals surface area contributed by atoms with E-state index in [1.807, 2.05) is 13.8 Å². The van der Waals surface area contributed by atoms with E-state index < -0.39 is 0 Å². The average molecular weight is 277 g/mol. The maximum atomic E-state index is 5.53. The molecule has 3 heteroatoms. The van der Waals surface area contributed by atoms with E-state index in [0.717, 1.165) is 19.5 Å². The van der Waals surface area contributed by atoms with Crippen molar-refractivity contribution in [1.29, 1.82) is 0 Å². The summed E-state index contributed by atoms with van der Waals surface area (Å²) in [5.41, 5.74) is 6.95. The van der Waals surface area contributed by atoms with Gasteiger partial charge in [-0.3, -0.25) is 4.90 Å². The molecule has 0 amide bonds. The first-order chi connectivity index (χ1) is 9.88. The molecule has 2 rings (SSSR count). The lowest BCUT2D eigenvalue weighted by atomic mass is 10.2. The van der Waals surface area contributed by atoms with E-state index in [1.165, 1.54) is 44.7 Å². The molecule has 20 heavy (non-hydrogen) atoms. The van der Waals surface area contributed by atoms with Gasteiger partial charge >= 0.3 is 0 Å². The molecule has 1 aromatic rings. The fourth-order valence-corrected chi connectivity index (χ4v) is 2.49. The Morgan fingerprint density at radius 1 is 0.900 bits per heavy atom. The van der Waals surface area contributed by atoms with Gasteiger partial charge in [0.25, 0.3) is 0 Å². The number of piperazine rings is 1. The zero-order valence-corrected chi connectivity index (χ0v) is 13.2. The quantitative estimate of drug-likeness (QED) is 0.811. The van der Waals surface area contributed by atoms with Gasteiger partial charge in [0.2, 0.25) is 0 Å². The van der Waals surface area contributed by atoms with Crippen LogP contribution in [0.25, 0.3) is 0 Å². The minimum atomic E-state index is 0.827. The van der Waals surface area contributed by atoms with Gasteiger partial charge in [0.1, 0.15) is 0 Å². The Morgan fingerprint density at radius 3 is 2.10 bits per heavy atom. The lowest BCUT2D eigenvalue weighted by Gasteiger charge is -2.34. The summed E-state index contributed by atoms with van der Waals surface area (Å²) < 4.78 is 0. The van der Waals surface area contributed by atoms with Crippen LogP contribution in [0.5, 0.6) is 0 Å². The monoisotopic (exact) mass is 277 g/mol. The fraction of sp³-hybridized carbons (Fsp3) is 0.647. The van der Waals surface area contributed by atoms with E-state index in [-0.39, 0.29) is 0 Å². The summed E-state index contributed by atoms with van der Waals surface area (Å²) in [6.07, 6.45) is 2.40. The van der Waals surface area contributed by atoms with Crippen molar-refractivity contribution in [2.45, 2.75) is 33.2 Å². The summed E-state index contributed by atoms with van der Waals surface area (Å²) >= 11 is 0. The maximum Gasteiger partial charge on any atom is 0.0234 e.